The van der Waals surface area contributed by atoms with E-state index >= 15 is 0 Å². The number of piperazine rings is 1. The van der Waals surface area contributed by atoms with Gasteiger partial charge in [0.2, 0.25) is 0 Å². The van der Waals surface area contributed by atoms with Crippen molar-refractivity contribution in [3.05, 3.63) is 0 Å². The van der Waals surface area contributed by atoms with Crippen LogP contribution >= 0.6 is 0 Å². The van der Waals surface area contributed by atoms with E-state index in [1.165, 1.54) is 11.8 Å². The summed E-state index contributed by atoms with van der Waals surface area (Å²) >= 11 is 0. The van der Waals surface area contributed by atoms with Gasteiger partial charge in [0.15, 0.2) is 5.96 Å². The molecular formula is C15H29F3N4O. The number of rotatable bonds is 6. The van der Waals surface area contributed by atoms with E-state index < -0.39 is 12.2 Å². The zero-order valence-electron chi connectivity index (χ0n) is 14.5. The molecule has 1 aliphatic rings. The number of hydrogen-bond acceptors (Lipinski definition) is 3. The number of guanidine groups is 1. The minimum Gasteiger partial charge on any atom is -0.379 e. The van der Waals surface area contributed by atoms with Gasteiger partial charge in [0.05, 0.1) is 6.61 Å². The normalized spacial score (nSPS) is 19.3. The van der Waals surface area contributed by atoms with Crippen LogP contribution in [0.4, 0.5) is 13.2 Å². The standard InChI is InChI=1S/C15H29F3N4O/c1-12(2)11-23-10-5-20-14(19-4)22-8-6-21(7-9-22)13(3)15(16,17)18/h12-13H,5-11H2,1-4H3,(H,19,20). The molecule has 1 fully saturated rings. The minimum atomic E-state index is -4.17. The molecule has 1 saturated heterocycles. The van der Waals surface area contributed by atoms with E-state index in [1.54, 1.807) is 7.05 Å². The van der Waals surface area contributed by atoms with Crippen molar-refractivity contribution in [2.24, 2.45) is 10.9 Å². The lowest BCUT2D eigenvalue weighted by atomic mass is 10.2. The van der Waals surface area contributed by atoms with Gasteiger partial charge >= 0.3 is 6.18 Å². The number of aliphatic imine (C=N–C) groups is 1. The van der Waals surface area contributed by atoms with Crippen molar-refractivity contribution in [1.82, 2.24) is 15.1 Å². The van der Waals surface area contributed by atoms with Gasteiger partial charge in [-0.15, -0.1) is 0 Å². The van der Waals surface area contributed by atoms with Crippen LogP contribution in [0, 0.1) is 5.92 Å². The highest BCUT2D eigenvalue weighted by Crippen LogP contribution is 2.25. The van der Waals surface area contributed by atoms with E-state index in [9.17, 15) is 13.2 Å². The third kappa shape index (κ3) is 6.95. The zero-order valence-corrected chi connectivity index (χ0v) is 14.5. The summed E-state index contributed by atoms with van der Waals surface area (Å²) < 4.78 is 43.7. The van der Waals surface area contributed by atoms with Gasteiger partial charge in [0.25, 0.3) is 0 Å². The highest BCUT2D eigenvalue weighted by Gasteiger charge is 2.41. The molecule has 1 rings (SSSR count). The van der Waals surface area contributed by atoms with Gasteiger partial charge in [-0.3, -0.25) is 9.89 Å². The molecule has 0 bridgehead atoms. The van der Waals surface area contributed by atoms with Gasteiger partial charge in [-0.2, -0.15) is 13.2 Å². The molecule has 1 heterocycles. The third-order valence-corrected chi connectivity index (χ3v) is 3.83. The van der Waals surface area contributed by atoms with E-state index in [0.29, 0.717) is 51.9 Å². The zero-order chi connectivity index (χ0) is 17.5. The molecule has 0 aromatic carbocycles. The first-order valence-electron chi connectivity index (χ1n) is 8.09. The van der Waals surface area contributed by atoms with Crippen LogP contribution in [0.3, 0.4) is 0 Å². The predicted octanol–water partition coefficient (Wildman–Crippen LogP) is 1.80. The summed E-state index contributed by atoms with van der Waals surface area (Å²) in [6.07, 6.45) is -4.17. The van der Waals surface area contributed by atoms with Crippen molar-refractivity contribution in [3.63, 3.8) is 0 Å². The van der Waals surface area contributed by atoms with Crippen LogP contribution < -0.4 is 5.32 Å². The molecule has 1 N–H and O–H groups in total. The second-order valence-corrected chi connectivity index (χ2v) is 6.18. The maximum Gasteiger partial charge on any atom is 0.403 e. The van der Waals surface area contributed by atoms with Crippen molar-refractivity contribution >= 4 is 5.96 Å². The number of halogens is 3. The lowest BCUT2D eigenvalue weighted by Gasteiger charge is -2.39. The topological polar surface area (TPSA) is 40.1 Å². The molecule has 23 heavy (non-hydrogen) atoms. The maximum atomic E-state index is 12.7. The molecule has 0 radical (unpaired) electrons. The van der Waals surface area contributed by atoms with E-state index in [-0.39, 0.29) is 0 Å². The van der Waals surface area contributed by atoms with Crippen LogP contribution in [0.25, 0.3) is 0 Å². The third-order valence-electron chi connectivity index (χ3n) is 3.83. The molecule has 0 aromatic rings. The molecule has 8 heteroatoms. The van der Waals surface area contributed by atoms with Crippen LogP contribution in [0.1, 0.15) is 20.8 Å². The molecule has 0 aromatic heterocycles. The average molecular weight is 338 g/mol. The van der Waals surface area contributed by atoms with Gasteiger partial charge in [-0.05, 0) is 12.8 Å². The Hall–Kier alpha value is -1.02. The summed E-state index contributed by atoms with van der Waals surface area (Å²) in [7, 11) is 1.68. The Labute approximate surface area is 136 Å². The summed E-state index contributed by atoms with van der Waals surface area (Å²) in [6, 6.07) is -1.40. The van der Waals surface area contributed by atoms with Crippen LogP contribution in [0.15, 0.2) is 4.99 Å². The lowest BCUT2D eigenvalue weighted by Crippen LogP contribution is -2.57. The number of ether oxygens (including phenoxy) is 1. The van der Waals surface area contributed by atoms with Gasteiger partial charge in [-0.25, -0.2) is 0 Å². The van der Waals surface area contributed by atoms with Crippen molar-refractivity contribution in [1.29, 1.82) is 0 Å². The summed E-state index contributed by atoms with van der Waals surface area (Å²) in [5.74, 6) is 1.22. The van der Waals surface area contributed by atoms with E-state index in [1.807, 2.05) is 4.90 Å². The molecule has 136 valence electrons. The summed E-state index contributed by atoms with van der Waals surface area (Å²) in [5, 5.41) is 3.20. The largest absolute Gasteiger partial charge is 0.403 e. The van der Waals surface area contributed by atoms with Crippen LogP contribution in [-0.2, 0) is 4.74 Å². The summed E-state index contributed by atoms with van der Waals surface area (Å²) in [4.78, 5) is 7.65. The molecule has 0 aliphatic carbocycles. The van der Waals surface area contributed by atoms with Crippen LogP contribution in [0.2, 0.25) is 0 Å². The Morgan fingerprint density at radius 1 is 1.17 bits per heavy atom. The highest BCUT2D eigenvalue weighted by molar-refractivity contribution is 5.79. The van der Waals surface area contributed by atoms with Crippen molar-refractivity contribution in [3.8, 4) is 0 Å². The van der Waals surface area contributed by atoms with Crippen LogP contribution in [0.5, 0.6) is 0 Å². The van der Waals surface area contributed by atoms with Gasteiger partial charge in [0, 0.05) is 46.4 Å². The smallest absolute Gasteiger partial charge is 0.379 e. The van der Waals surface area contributed by atoms with Crippen molar-refractivity contribution in [2.45, 2.75) is 33.0 Å². The van der Waals surface area contributed by atoms with Gasteiger partial charge < -0.3 is 15.0 Å². The van der Waals surface area contributed by atoms with Crippen molar-refractivity contribution < 1.29 is 17.9 Å². The first-order chi connectivity index (χ1) is 10.8. The molecule has 1 atom stereocenters. The fourth-order valence-electron chi connectivity index (χ4n) is 2.41. The van der Waals surface area contributed by atoms with Crippen molar-refractivity contribution in [2.75, 3.05) is 53.0 Å². The molecule has 0 amide bonds. The Kier molecular flexibility index (Phi) is 8.11. The Morgan fingerprint density at radius 3 is 2.26 bits per heavy atom. The minimum absolute atomic E-state index is 0.380. The molecule has 1 aliphatic heterocycles. The number of alkyl halides is 3. The number of nitrogens with zero attached hydrogens (tertiary/aromatic N) is 3. The molecule has 1 unspecified atom stereocenters. The second kappa shape index (κ2) is 9.32. The fourth-order valence-corrected chi connectivity index (χ4v) is 2.41. The average Bonchev–Trinajstić information content (AvgIpc) is 2.49. The quantitative estimate of drug-likeness (QED) is 0.455. The Bertz CT molecular complexity index is 366. The maximum absolute atomic E-state index is 12.7. The first kappa shape index (κ1) is 20.0. The van der Waals surface area contributed by atoms with E-state index in [4.69, 9.17) is 4.74 Å². The highest BCUT2D eigenvalue weighted by atomic mass is 19.4. The predicted molar refractivity (Wildman–Crippen MR) is 85.7 cm³/mol. The molecule has 0 saturated carbocycles. The Balaban J connectivity index is 2.33. The lowest BCUT2D eigenvalue weighted by molar-refractivity contribution is -0.181. The Morgan fingerprint density at radius 2 is 1.78 bits per heavy atom. The number of hydrogen-bond donors (Lipinski definition) is 1. The van der Waals surface area contributed by atoms with Gasteiger partial charge in [-0.1, -0.05) is 13.8 Å². The SMILES string of the molecule is CN=C(NCCOCC(C)C)N1CCN(C(C)C(F)(F)F)CC1. The van der Waals surface area contributed by atoms with Gasteiger partial charge in [0.1, 0.15) is 6.04 Å². The molecule has 5 nitrogen and oxygen atoms in total. The summed E-state index contributed by atoms with van der Waals surface area (Å²) in [6.45, 7) is 9.17. The first-order valence-corrected chi connectivity index (χ1v) is 8.09. The second-order valence-electron chi connectivity index (χ2n) is 6.18. The van der Waals surface area contributed by atoms with E-state index in [2.05, 4.69) is 24.2 Å². The summed E-state index contributed by atoms with van der Waals surface area (Å²) in [5.41, 5.74) is 0. The van der Waals surface area contributed by atoms with Crippen LogP contribution in [-0.4, -0.2) is 81.0 Å². The number of nitrogens with one attached hydrogen (secondary N) is 1. The fraction of sp³-hybridized carbons (Fsp3) is 0.933. The van der Waals surface area contributed by atoms with E-state index in [0.717, 1.165) is 5.96 Å². The monoisotopic (exact) mass is 338 g/mol. The molecule has 0 spiro atoms. The molecular weight excluding hydrogens is 309 g/mol.